The van der Waals surface area contributed by atoms with Crippen LogP contribution in [0.4, 0.5) is 29.3 Å². The molecule has 2 aromatic rings. The van der Waals surface area contributed by atoms with Gasteiger partial charge in [0.25, 0.3) is 0 Å². The number of benzene rings is 2. The number of likely N-dealkylation sites (tertiary alicyclic amines) is 1. The van der Waals surface area contributed by atoms with E-state index in [1.54, 1.807) is 6.92 Å². The summed E-state index contributed by atoms with van der Waals surface area (Å²) in [7, 11) is 0. The van der Waals surface area contributed by atoms with E-state index in [1.807, 2.05) is 62.1 Å². The Labute approximate surface area is 268 Å². The highest BCUT2D eigenvalue weighted by molar-refractivity contribution is 5.68. The molecule has 2 aliphatic heterocycles. The van der Waals surface area contributed by atoms with E-state index in [0.29, 0.717) is 24.4 Å². The zero-order chi connectivity index (χ0) is 34.6. The lowest BCUT2D eigenvalue weighted by Crippen LogP contribution is -2.37. The molecular weight excluding hydrogens is 581 g/mol. The third-order valence-electron chi connectivity index (χ3n) is 7.08. The van der Waals surface area contributed by atoms with E-state index in [-0.39, 0.29) is 6.09 Å². The summed E-state index contributed by atoms with van der Waals surface area (Å²) >= 11 is 0. The maximum Gasteiger partial charge on any atom is 0.446 e. The summed E-state index contributed by atoms with van der Waals surface area (Å²) < 4.78 is 42.9. The van der Waals surface area contributed by atoms with Gasteiger partial charge in [-0.15, -0.1) is 0 Å². The van der Waals surface area contributed by atoms with E-state index in [4.69, 9.17) is 24.0 Å². The number of halogens is 3. The third-order valence-corrected chi connectivity index (χ3v) is 7.08. The van der Waals surface area contributed by atoms with Crippen molar-refractivity contribution in [2.75, 3.05) is 26.2 Å². The number of nitrogens with one attached hydrogen (secondary N) is 1. The summed E-state index contributed by atoms with van der Waals surface area (Å²) in [5, 5.41) is 3.42. The van der Waals surface area contributed by atoms with Gasteiger partial charge in [0.15, 0.2) is 11.4 Å². The van der Waals surface area contributed by atoms with Crippen LogP contribution in [0.2, 0.25) is 0 Å². The molecule has 0 radical (unpaired) electrons. The lowest BCUT2D eigenvalue weighted by molar-refractivity contribution is -0.156. The number of rotatable bonds is 2. The van der Waals surface area contributed by atoms with Crippen molar-refractivity contribution < 1.29 is 28.9 Å². The second-order valence-corrected chi connectivity index (χ2v) is 11.5. The number of carbonyl (C=O) groups excluding carboxylic acids is 2. The molecule has 4 rings (SSSR count). The Kier molecular flexibility index (Phi) is 16.7. The van der Waals surface area contributed by atoms with E-state index < -0.39 is 18.1 Å². The molecule has 45 heavy (non-hydrogen) atoms. The summed E-state index contributed by atoms with van der Waals surface area (Å²) in [5.74, 6) is 1.13. The van der Waals surface area contributed by atoms with Gasteiger partial charge in [-0.05, 0) is 95.3 Å². The molecule has 2 unspecified atom stereocenters. The van der Waals surface area contributed by atoms with Gasteiger partial charge in [-0.2, -0.15) is 13.2 Å². The lowest BCUT2D eigenvalue weighted by Gasteiger charge is -2.26. The van der Waals surface area contributed by atoms with Gasteiger partial charge in [-0.1, -0.05) is 62.4 Å². The van der Waals surface area contributed by atoms with Crippen LogP contribution < -0.4 is 5.32 Å². The molecule has 0 spiro atoms. The second kappa shape index (κ2) is 20.2. The molecule has 0 aromatic heterocycles. The third kappa shape index (κ3) is 16.1. The molecule has 2 atom stereocenters. The normalized spacial score (nSPS) is 18.5. The average molecular weight is 630 g/mol. The maximum atomic E-state index is 12.2. The molecule has 2 fully saturated rings. The maximum absolute atomic E-state index is 12.2. The highest BCUT2D eigenvalue weighted by atomic mass is 19.4. The number of amides is 1. The molecule has 1 amide bonds. The number of ether oxygens (including phenoxy) is 1. The predicted octanol–water partition coefficient (Wildman–Crippen LogP) is 9.61. The monoisotopic (exact) mass is 629 g/mol. The molecule has 0 aliphatic carbocycles. The number of alkyl halides is 3. The van der Waals surface area contributed by atoms with Crippen LogP contribution in [0.25, 0.3) is 9.69 Å². The van der Waals surface area contributed by atoms with E-state index in [1.165, 1.54) is 30.4 Å². The number of hydrogen-bond donors (Lipinski definition) is 1. The first-order chi connectivity index (χ1) is 21.8. The molecule has 1 N–H and O–H groups in total. The Morgan fingerprint density at radius 1 is 0.889 bits per heavy atom. The molecular formula is C35H47F3N4O3. The van der Waals surface area contributed by atoms with Crippen molar-refractivity contribution in [1.82, 2.24) is 10.2 Å². The zero-order valence-electron chi connectivity index (χ0n) is 27.8. The SMILES string of the molecule is O=CC(F)(F)F.[2H]CC.[C-]#[N+]c1ccc(C2CCCN(C(=O)OC(C)(C)C)CC2)cc1.[C-]#[N+]c1ccc(C2CCCNCC2)cc1. The minimum absolute atomic E-state index is 0.212. The van der Waals surface area contributed by atoms with Crippen LogP contribution >= 0.6 is 0 Å². The summed E-state index contributed by atoms with van der Waals surface area (Å²) in [4.78, 5) is 29.5. The highest BCUT2D eigenvalue weighted by Gasteiger charge is 2.26. The van der Waals surface area contributed by atoms with Crippen LogP contribution in [0.5, 0.6) is 0 Å². The van der Waals surface area contributed by atoms with Crippen LogP contribution in [-0.2, 0) is 9.53 Å². The van der Waals surface area contributed by atoms with Gasteiger partial charge in [0.1, 0.15) is 5.60 Å². The zero-order valence-corrected chi connectivity index (χ0v) is 26.8. The van der Waals surface area contributed by atoms with Crippen molar-refractivity contribution >= 4 is 23.8 Å². The Morgan fingerprint density at radius 2 is 1.36 bits per heavy atom. The van der Waals surface area contributed by atoms with Gasteiger partial charge in [0, 0.05) is 14.5 Å². The molecule has 2 saturated heterocycles. The second-order valence-electron chi connectivity index (χ2n) is 11.5. The first-order valence-electron chi connectivity index (χ1n) is 15.9. The molecule has 0 saturated carbocycles. The highest BCUT2D eigenvalue weighted by Crippen LogP contribution is 2.30. The number of nitrogens with zero attached hydrogens (tertiary/aromatic N) is 3. The fourth-order valence-electron chi connectivity index (χ4n) is 4.93. The molecule has 0 bridgehead atoms. The minimum Gasteiger partial charge on any atom is -0.444 e. The largest absolute Gasteiger partial charge is 0.446 e. The molecule has 2 heterocycles. The molecule has 2 aromatic carbocycles. The van der Waals surface area contributed by atoms with Crippen LogP contribution in [0, 0.1) is 13.1 Å². The first-order valence-corrected chi connectivity index (χ1v) is 15.2. The van der Waals surface area contributed by atoms with Crippen LogP contribution in [0.15, 0.2) is 48.5 Å². The van der Waals surface area contributed by atoms with Crippen LogP contribution in [-0.4, -0.2) is 55.2 Å². The Hall–Kier alpha value is -3.89. The quantitative estimate of drug-likeness (QED) is 0.265. The van der Waals surface area contributed by atoms with Crippen molar-refractivity contribution in [3.8, 4) is 0 Å². The summed E-state index contributed by atoms with van der Waals surface area (Å²) in [6, 6.07) is 15.9. The average Bonchev–Trinajstić information content (AvgIpc) is 3.45. The molecule has 10 heteroatoms. The van der Waals surface area contributed by atoms with Crippen molar-refractivity contribution in [3.63, 3.8) is 0 Å². The lowest BCUT2D eigenvalue weighted by atomic mass is 9.92. The Balaban J connectivity index is 0.000000379. The summed E-state index contributed by atoms with van der Waals surface area (Å²) in [6.45, 7) is 25.6. The molecule has 246 valence electrons. The standard InChI is InChI=1S/C18H24N2O2.C13H16N2.C2HF3O.C2H6/c1-18(2,3)22-17(21)20-12-5-6-14(11-13-20)15-7-9-16(19-4)10-8-15;1-14-13-6-4-12(5-7-13)11-3-2-9-15-10-8-11;3-2(4,5)1-6;1-2/h7-10,14H,5-6,11-13H2,1-3H3;4-7,11,15H,2-3,8-10H2;1H;1-2H3/i;;;1D. The number of hydrogen-bond acceptors (Lipinski definition) is 4. The molecule has 2 aliphatic rings. The van der Waals surface area contributed by atoms with Gasteiger partial charge in [0.2, 0.25) is 6.29 Å². The topological polar surface area (TPSA) is 67.4 Å². The van der Waals surface area contributed by atoms with Gasteiger partial charge in [-0.25, -0.2) is 14.5 Å². The fourth-order valence-corrected chi connectivity index (χ4v) is 4.93. The van der Waals surface area contributed by atoms with Gasteiger partial charge in [-0.3, -0.25) is 4.79 Å². The number of carbonyl (C=O) groups is 2. The van der Waals surface area contributed by atoms with Gasteiger partial charge in [0.05, 0.1) is 13.1 Å². The molecule has 7 nitrogen and oxygen atoms in total. The predicted molar refractivity (Wildman–Crippen MR) is 173 cm³/mol. The van der Waals surface area contributed by atoms with Crippen LogP contribution in [0.3, 0.4) is 0 Å². The van der Waals surface area contributed by atoms with Crippen molar-refractivity contribution in [1.29, 1.82) is 0 Å². The number of aldehydes is 1. The van der Waals surface area contributed by atoms with Gasteiger partial charge >= 0.3 is 12.3 Å². The van der Waals surface area contributed by atoms with Crippen molar-refractivity contribution in [3.05, 3.63) is 82.5 Å². The minimum atomic E-state index is -4.64. The summed E-state index contributed by atoms with van der Waals surface area (Å²) in [5.41, 5.74) is 3.63. The van der Waals surface area contributed by atoms with E-state index >= 15 is 0 Å². The van der Waals surface area contributed by atoms with E-state index in [2.05, 4.69) is 27.1 Å². The van der Waals surface area contributed by atoms with Gasteiger partial charge < -0.3 is 15.0 Å². The summed E-state index contributed by atoms with van der Waals surface area (Å²) in [6.07, 6.45) is 0.822. The van der Waals surface area contributed by atoms with Crippen LogP contribution in [0.1, 0.15) is 97.5 Å². The fraction of sp³-hybridized carbons (Fsp3) is 0.543. The first kappa shape index (κ1) is 37.3. The smallest absolute Gasteiger partial charge is 0.444 e. The van der Waals surface area contributed by atoms with Crippen molar-refractivity contribution in [2.45, 2.75) is 96.7 Å². The van der Waals surface area contributed by atoms with E-state index in [9.17, 15) is 18.0 Å². The Bertz CT molecular complexity index is 1240. The Morgan fingerprint density at radius 3 is 1.80 bits per heavy atom. The van der Waals surface area contributed by atoms with Crippen molar-refractivity contribution in [2.24, 2.45) is 0 Å². The van der Waals surface area contributed by atoms with E-state index in [0.717, 1.165) is 51.1 Å².